The van der Waals surface area contributed by atoms with Gasteiger partial charge in [0.25, 0.3) is 0 Å². The minimum absolute atomic E-state index is 0.0625. The molecule has 86 valence electrons. The maximum Gasteiger partial charge on any atom is 0.407 e. The van der Waals surface area contributed by atoms with Crippen molar-refractivity contribution in [2.75, 3.05) is 13.2 Å². The molecule has 2 atom stereocenters. The summed E-state index contributed by atoms with van der Waals surface area (Å²) in [5, 5.41) is 5.15. The van der Waals surface area contributed by atoms with Crippen LogP contribution in [0.2, 0.25) is 0 Å². The Morgan fingerprint density at radius 1 is 1.40 bits per heavy atom. The summed E-state index contributed by atoms with van der Waals surface area (Å²) in [6, 6.07) is 0.252. The Balaban J connectivity index is 0.000000151. The number of rotatable bonds is 1. The Morgan fingerprint density at radius 3 is 2.33 bits per heavy atom. The van der Waals surface area contributed by atoms with Crippen LogP contribution in [-0.4, -0.2) is 37.5 Å². The van der Waals surface area contributed by atoms with E-state index in [1.54, 1.807) is 0 Å². The monoisotopic (exact) mass is 216 g/mol. The predicted octanol–water partition coefficient (Wildman–Crippen LogP) is 0.620. The third kappa shape index (κ3) is 4.05. The number of hydrogen-bond donors (Lipinski definition) is 2. The predicted molar refractivity (Wildman–Crippen MR) is 52.5 cm³/mol. The van der Waals surface area contributed by atoms with Crippen LogP contribution in [0.1, 0.15) is 20.3 Å². The SMILES string of the molecule is CC[C@@H]1COC(=O)N1.C[C@@H]1CNC(=O)O1. The lowest BCUT2D eigenvalue weighted by atomic mass is 10.3. The Labute approximate surface area is 88.3 Å². The number of cyclic esters (lactones) is 2. The highest BCUT2D eigenvalue weighted by molar-refractivity contribution is 5.69. The van der Waals surface area contributed by atoms with Gasteiger partial charge in [-0.2, -0.15) is 0 Å². The number of nitrogens with one attached hydrogen (secondary N) is 2. The lowest BCUT2D eigenvalue weighted by Crippen LogP contribution is -2.24. The number of carbonyl (C=O) groups is 2. The molecule has 2 heterocycles. The average molecular weight is 216 g/mol. The van der Waals surface area contributed by atoms with Gasteiger partial charge < -0.3 is 20.1 Å². The van der Waals surface area contributed by atoms with Gasteiger partial charge in [0.2, 0.25) is 0 Å². The van der Waals surface area contributed by atoms with Crippen LogP contribution in [0.25, 0.3) is 0 Å². The van der Waals surface area contributed by atoms with Crippen molar-refractivity contribution >= 4 is 12.2 Å². The Kier molecular flexibility index (Phi) is 4.20. The first-order valence-electron chi connectivity index (χ1n) is 4.99. The molecule has 0 aliphatic carbocycles. The second kappa shape index (κ2) is 5.43. The summed E-state index contributed by atoms with van der Waals surface area (Å²) in [5.74, 6) is 0. The largest absolute Gasteiger partial charge is 0.447 e. The van der Waals surface area contributed by atoms with Crippen molar-refractivity contribution in [2.45, 2.75) is 32.4 Å². The van der Waals surface area contributed by atoms with E-state index < -0.39 is 0 Å². The van der Waals surface area contributed by atoms with Crippen molar-refractivity contribution in [1.82, 2.24) is 10.6 Å². The summed E-state index contributed by atoms with van der Waals surface area (Å²) in [6.07, 6.45) is 0.433. The highest BCUT2D eigenvalue weighted by Crippen LogP contribution is 1.99. The number of amides is 2. The highest BCUT2D eigenvalue weighted by Gasteiger charge is 2.19. The molecule has 2 rings (SSSR count). The molecule has 2 saturated heterocycles. The highest BCUT2D eigenvalue weighted by atomic mass is 16.6. The normalized spacial score (nSPS) is 28.1. The molecule has 15 heavy (non-hydrogen) atoms. The number of hydrogen-bond acceptors (Lipinski definition) is 4. The first-order valence-corrected chi connectivity index (χ1v) is 4.99. The lowest BCUT2D eigenvalue weighted by Gasteiger charge is -1.97. The number of alkyl carbamates (subject to hydrolysis) is 2. The summed E-state index contributed by atoms with van der Waals surface area (Å²) in [6.45, 7) is 5.05. The van der Waals surface area contributed by atoms with Gasteiger partial charge in [-0.3, -0.25) is 0 Å². The maximum atomic E-state index is 10.3. The first kappa shape index (κ1) is 11.6. The quantitative estimate of drug-likeness (QED) is 0.673. The fraction of sp³-hybridized carbons (Fsp3) is 0.778. The zero-order valence-corrected chi connectivity index (χ0v) is 8.91. The fourth-order valence-electron chi connectivity index (χ4n) is 1.14. The third-order valence-corrected chi connectivity index (χ3v) is 2.07. The minimum Gasteiger partial charge on any atom is -0.447 e. The van der Waals surface area contributed by atoms with Gasteiger partial charge in [-0.05, 0) is 13.3 Å². The van der Waals surface area contributed by atoms with Crippen LogP contribution in [0, 0.1) is 0 Å². The van der Waals surface area contributed by atoms with Crippen LogP contribution < -0.4 is 10.6 Å². The van der Waals surface area contributed by atoms with Crippen LogP contribution in [0.3, 0.4) is 0 Å². The van der Waals surface area contributed by atoms with Crippen LogP contribution in [0.4, 0.5) is 9.59 Å². The summed E-state index contributed by atoms with van der Waals surface area (Å²) in [5.41, 5.74) is 0. The van der Waals surface area contributed by atoms with E-state index in [0.29, 0.717) is 13.2 Å². The molecule has 2 aliphatic rings. The van der Waals surface area contributed by atoms with Crippen LogP contribution in [0.15, 0.2) is 0 Å². The van der Waals surface area contributed by atoms with Gasteiger partial charge in [0, 0.05) is 0 Å². The van der Waals surface area contributed by atoms with Crippen LogP contribution >= 0.6 is 0 Å². The molecule has 2 aliphatic heterocycles. The molecule has 2 fully saturated rings. The zero-order chi connectivity index (χ0) is 11.3. The molecule has 0 unspecified atom stereocenters. The van der Waals surface area contributed by atoms with Crippen LogP contribution in [0.5, 0.6) is 0 Å². The molecular weight excluding hydrogens is 200 g/mol. The van der Waals surface area contributed by atoms with E-state index in [4.69, 9.17) is 0 Å². The second-order valence-electron chi connectivity index (χ2n) is 3.44. The molecule has 6 heteroatoms. The van der Waals surface area contributed by atoms with Gasteiger partial charge in [-0.25, -0.2) is 9.59 Å². The molecule has 0 spiro atoms. The fourth-order valence-corrected chi connectivity index (χ4v) is 1.14. The molecule has 0 saturated carbocycles. The lowest BCUT2D eigenvalue weighted by molar-refractivity contribution is 0.148. The topological polar surface area (TPSA) is 76.7 Å². The molecule has 0 aromatic heterocycles. The van der Waals surface area contributed by atoms with E-state index in [1.165, 1.54) is 0 Å². The van der Waals surface area contributed by atoms with Crippen molar-refractivity contribution in [2.24, 2.45) is 0 Å². The van der Waals surface area contributed by atoms with Crippen molar-refractivity contribution in [3.8, 4) is 0 Å². The number of ether oxygens (including phenoxy) is 2. The Morgan fingerprint density at radius 2 is 2.13 bits per heavy atom. The van der Waals surface area contributed by atoms with Gasteiger partial charge in [0.15, 0.2) is 0 Å². The minimum atomic E-state index is -0.299. The van der Waals surface area contributed by atoms with E-state index >= 15 is 0 Å². The summed E-state index contributed by atoms with van der Waals surface area (Å²) >= 11 is 0. The maximum absolute atomic E-state index is 10.3. The van der Waals surface area contributed by atoms with Gasteiger partial charge in [0.05, 0.1) is 12.6 Å². The summed E-state index contributed by atoms with van der Waals surface area (Å²) < 4.78 is 9.22. The molecule has 2 amide bonds. The molecule has 6 nitrogen and oxygen atoms in total. The van der Waals surface area contributed by atoms with E-state index in [0.717, 1.165) is 6.42 Å². The zero-order valence-electron chi connectivity index (χ0n) is 8.91. The van der Waals surface area contributed by atoms with Crippen molar-refractivity contribution in [3.63, 3.8) is 0 Å². The molecule has 0 radical (unpaired) electrons. The first-order chi connectivity index (χ1) is 7.11. The van der Waals surface area contributed by atoms with Gasteiger partial charge in [0.1, 0.15) is 12.7 Å². The summed E-state index contributed by atoms with van der Waals surface area (Å²) in [7, 11) is 0. The Bertz CT molecular complexity index is 244. The van der Waals surface area contributed by atoms with Gasteiger partial charge >= 0.3 is 12.2 Å². The van der Waals surface area contributed by atoms with Crippen molar-refractivity contribution in [3.05, 3.63) is 0 Å². The van der Waals surface area contributed by atoms with E-state index in [-0.39, 0.29) is 24.3 Å². The summed E-state index contributed by atoms with van der Waals surface area (Å²) in [4.78, 5) is 20.4. The number of carbonyl (C=O) groups excluding carboxylic acids is 2. The molecule has 2 N–H and O–H groups in total. The molecule has 0 bridgehead atoms. The smallest absolute Gasteiger partial charge is 0.407 e. The van der Waals surface area contributed by atoms with E-state index in [2.05, 4.69) is 20.1 Å². The molecule has 0 aromatic carbocycles. The van der Waals surface area contributed by atoms with E-state index in [1.807, 2.05) is 13.8 Å². The van der Waals surface area contributed by atoms with Crippen molar-refractivity contribution < 1.29 is 19.1 Å². The van der Waals surface area contributed by atoms with E-state index in [9.17, 15) is 9.59 Å². The molecular formula is C9H16N2O4. The third-order valence-electron chi connectivity index (χ3n) is 2.07. The standard InChI is InChI=1S/C5H9NO2.C4H7NO2/c1-2-4-3-8-5(7)6-4;1-3-2-5-4(6)7-3/h4H,2-3H2,1H3,(H,6,7);3H,2H2,1H3,(H,5,6)/t4-;3-/m11/s1. The second-order valence-corrected chi connectivity index (χ2v) is 3.44. The van der Waals surface area contributed by atoms with Gasteiger partial charge in [-0.15, -0.1) is 0 Å². The average Bonchev–Trinajstić information content (AvgIpc) is 2.76. The van der Waals surface area contributed by atoms with Crippen molar-refractivity contribution in [1.29, 1.82) is 0 Å². The van der Waals surface area contributed by atoms with Crippen LogP contribution in [-0.2, 0) is 9.47 Å². The Hall–Kier alpha value is -1.46. The van der Waals surface area contributed by atoms with Gasteiger partial charge in [-0.1, -0.05) is 6.92 Å². The molecule has 0 aromatic rings.